The lowest BCUT2D eigenvalue weighted by Gasteiger charge is -2.25. The molecule has 8 nitrogen and oxygen atoms in total. The van der Waals surface area contributed by atoms with Crippen molar-refractivity contribution in [3.05, 3.63) is 95.4 Å². The van der Waals surface area contributed by atoms with Gasteiger partial charge in [0.15, 0.2) is 0 Å². The fourth-order valence-corrected chi connectivity index (χ4v) is 6.38. The molecule has 0 spiro atoms. The van der Waals surface area contributed by atoms with E-state index in [1.807, 2.05) is 44.2 Å². The number of para-hydroxylation sites is 1. The van der Waals surface area contributed by atoms with Crippen LogP contribution < -0.4 is 9.04 Å². The third-order valence-electron chi connectivity index (χ3n) is 6.60. The zero-order valence-electron chi connectivity index (χ0n) is 21.1. The van der Waals surface area contributed by atoms with Crippen molar-refractivity contribution >= 4 is 21.7 Å². The number of ether oxygens (including phenoxy) is 1. The average Bonchev–Trinajstić information content (AvgIpc) is 3.50. The molecule has 1 aliphatic heterocycles. The predicted octanol–water partition coefficient (Wildman–Crippen LogP) is 5.39. The standard InChI is InChI=1S/C29H28N2O6S/c1-3-9-22-16-23(38(34,35)31-25-13-8-7-12-21(25)17-26(31)29(32)33)14-15-27(22)36-18-24-19(2)37-28(30-24)20-10-5-4-6-11-20/h4-8,10-16,26H,3,9,17-18H2,1-2H3,(H,32,33). The summed E-state index contributed by atoms with van der Waals surface area (Å²) in [4.78, 5) is 16.6. The Kier molecular flexibility index (Phi) is 6.94. The molecule has 196 valence electrons. The Hall–Kier alpha value is -4.11. The van der Waals surface area contributed by atoms with E-state index in [0.717, 1.165) is 21.9 Å². The number of rotatable bonds is 9. The number of carboxylic acids is 1. The van der Waals surface area contributed by atoms with Crippen LogP contribution in [0.2, 0.25) is 0 Å². The van der Waals surface area contributed by atoms with Gasteiger partial charge in [0.05, 0.1) is 10.6 Å². The second-order valence-corrected chi connectivity index (χ2v) is 11.0. The highest BCUT2D eigenvalue weighted by atomic mass is 32.2. The summed E-state index contributed by atoms with van der Waals surface area (Å²) in [5.74, 6) is 0.519. The number of benzene rings is 3. The number of carboxylic acid groups (broad SMARTS) is 1. The minimum atomic E-state index is -4.14. The lowest BCUT2D eigenvalue weighted by Crippen LogP contribution is -2.42. The van der Waals surface area contributed by atoms with Crippen molar-refractivity contribution in [2.45, 2.75) is 50.7 Å². The predicted molar refractivity (Wildman–Crippen MR) is 143 cm³/mol. The van der Waals surface area contributed by atoms with Gasteiger partial charge < -0.3 is 14.3 Å². The Bertz CT molecular complexity index is 1580. The van der Waals surface area contributed by atoms with Crippen LogP contribution in [0.15, 0.2) is 82.1 Å². The number of fused-ring (bicyclic) bond motifs is 1. The molecule has 1 N–H and O–H groups in total. The van der Waals surface area contributed by atoms with Crippen molar-refractivity contribution in [1.82, 2.24) is 4.98 Å². The van der Waals surface area contributed by atoms with E-state index in [1.54, 1.807) is 36.4 Å². The monoisotopic (exact) mass is 532 g/mol. The number of carbonyl (C=O) groups is 1. The second-order valence-electron chi connectivity index (χ2n) is 9.18. The van der Waals surface area contributed by atoms with Crippen molar-refractivity contribution in [3.8, 4) is 17.2 Å². The van der Waals surface area contributed by atoms with Crippen LogP contribution in [0.4, 0.5) is 5.69 Å². The molecule has 1 aromatic heterocycles. The number of aryl methyl sites for hydroxylation is 2. The Balaban J connectivity index is 1.43. The zero-order valence-corrected chi connectivity index (χ0v) is 21.9. The molecule has 38 heavy (non-hydrogen) atoms. The largest absolute Gasteiger partial charge is 0.487 e. The van der Waals surface area contributed by atoms with Gasteiger partial charge in [0, 0.05) is 12.0 Å². The normalized spacial score (nSPS) is 14.9. The average molecular weight is 533 g/mol. The van der Waals surface area contributed by atoms with Gasteiger partial charge in [-0.2, -0.15) is 0 Å². The first-order chi connectivity index (χ1) is 18.3. The number of hydrogen-bond donors (Lipinski definition) is 1. The van der Waals surface area contributed by atoms with E-state index < -0.39 is 22.0 Å². The van der Waals surface area contributed by atoms with Crippen LogP contribution in [0.25, 0.3) is 11.5 Å². The quantitative estimate of drug-likeness (QED) is 0.308. The van der Waals surface area contributed by atoms with Crippen LogP contribution in [-0.2, 0) is 34.3 Å². The van der Waals surface area contributed by atoms with Gasteiger partial charge in [0.2, 0.25) is 5.89 Å². The third kappa shape index (κ3) is 4.77. The topological polar surface area (TPSA) is 110 Å². The summed E-state index contributed by atoms with van der Waals surface area (Å²) in [5.41, 5.74) is 3.33. The van der Waals surface area contributed by atoms with Crippen LogP contribution in [0.3, 0.4) is 0 Å². The first kappa shape index (κ1) is 25.5. The van der Waals surface area contributed by atoms with Gasteiger partial charge in [0.1, 0.15) is 29.9 Å². The summed E-state index contributed by atoms with van der Waals surface area (Å²) in [5, 5.41) is 9.78. The molecule has 0 fully saturated rings. The van der Waals surface area contributed by atoms with E-state index in [0.29, 0.717) is 40.8 Å². The minimum Gasteiger partial charge on any atom is -0.487 e. The second kappa shape index (κ2) is 10.3. The first-order valence-corrected chi connectivity index (χ1v) is 13.9. The highest BCUT2D eigenvalue weighted by molar-refractivity contribution is 7.93. The number of aliphatic carboxylic acids is 1. The number of nitrogens with zero attached hydrogens (tertiary/aromatic N) is 2. The molecular formula is C29H28N2O6S. The van der Waals surface area contributed by atoms with Crippen molar-refractivity contribution in [2.24, 2.45) is 0 Å². The van der Waals surface area contributed by atoms with Gasteiger partial charge >= 0.3 is 5.97 Å². The van der Waals surface area contributed by atoms with Crippen molar-refractivity contribution in [2.75, 3.05) is 4.31 Å². The van der Waals surface area contributed by atoms with Crippen LogP contribution in [0.1, 0.15) is 35.9 Å². The Labute approximate surface area is 221 Å². The molecule has 1 atom stereocenters. The van der Waals surface area contributed by atoms with E-state index in [4.69, 9.17) is 9.15 Å². The molecule has 0 amide bonds. The minimum absolute atomic E-state index is 0.0280. The number of anilines is 1. The molecule has 5 rings (SSSR count). The summed E-state index contributed by atoms with van der Waals surface area (Å²) in [7, 11) is -4.14. The molecule has 0 saturated carbocycles. The van der Waals surface area contributed by atoms with Crippen LogP contribution >= 0.6 is 0 Å². The van der Waals surface area contributed by atoms with Crippen LogP contribution in [0, 0.1) is 6.92 Å². The number of hydrogen-bond acceptors (Lipinski definition) is 6. The molecule has 0 aliphatic carbocycles. The highest BCUT2D eigenvalue weighted by Gasteiger charge is 2.42. The fourth-order valence-electron chi connectivity index (χ4n) is 4.69. The summed E-state index contributed by atoms with van der Waals surface area (Å²) >= 11 is 0. The summed E-state index contributed by atoms with van der Waals surface area (Å²) in [6.07, 6.45) is 1.48. The van der Waals surface area contributed by atoms with Gasteiger partial charge in [-0.25, -0.2) is 18.2 Å². The van der Waals surface area contributed by atoms with Crippen LogP contribution in [0.5, 0.6) is 5.75 Å². The highest BCUT2D eigenvalue weighted by Crippen LogP contribution is 2.38. The van der Waals surface area contributed by atoms with E-state index >= 15 is 0 Å². The van der Waals surface area contributed by atoms with Gasteiger partial charge in [-0.1, -0.05) is 49.7 Å². The maximum atomic E-state index is 13.7. The Morgan fingerprint density at radius 3 is 2.58 bits per heavy atom. The van der Waals surface area contributed by atoms with E-state index in [-0.39, 0.29) is 17.9 Å². The molecule has 0 saturated heterocycles. The van der Waals surface area contributed by atoms with E-state index in [9.17, 15) is 18.3 Å². The molecule has 1 unspecified atom stereocenters. The van der Waals surface area contributed by atoms with Gasteiger partial charge in [-0.05, 0) is 60.9 Å². The maximum absolute atomic E-state index is 13.7. The molecule has 3 aromatic carbocycles. The molecule has 0 bridgehead atoms. The summed E-state index contributed by atoms with van der Waals surface area (Å²) in [6, 6.07) is 20.0. The summed E-state index contributed by atoms with van der Waals surface area (Å²) < 4.78 is 40.4. The fraction of sp³-hybridized carbons (Fsp3) is 0.241. The van der Waals surface area contributed by atoms with Crippen molar-refractivity contribution in [3.63, 3.8) is 0 Å². The van der Waals surface area contributed by atoms with Crippen LogP contribution in [-0.4, -0.2) is 30.5 Å². The van der Waals surface area contributed by atoms with E-state index in [2.05, 4.69) is 4.98 Å². The number of oxazole rings is 1. The number of sulfonamides is 1. The zero-order chi connectivity index (χ0) is 26.9. The molecular weight excluding hydrogens is 504 g/mol. The SMILES string of the molecule is CCCc1cc(S(=O)(=O)N2c3ccccc3CC2C(=O)O)ccc1OCc1nc(-c2ccccc2)oc1C. The Morgan fingerprint density at radius 2 is 1.84 bits per heavy atom. The first-order valence-electron chi connectivity index (χ1n) is 12.4. The smallest absolute Gasteiger partial charge is 0.327 e. The lowest BCUT2D eigenvalue weighted by molar-refractivity contribution is -0.138. The number of aromatic nitrogens is 1. The van der Waals surface area contributed by atoms with Gasteiger partial charge in [0.25, 0.3) is 10.0 Å². The van der Waals surface area contributed by atoms with Gasteiger partial charge in [-0.3, -0.25) is 4.31 Å². The van der Waals surface area contributed by atoms with E-state index in [1.165, 1.54) is 6.07 Å². The van der Waals surface area contributed by atoms with Gasteiger partial charge in [-0.15, -0.1) is 0 Å². The summed E-state index contributed by atoms with van der Waals surface area (Å²) in [6.45, 7) is 3.98. The lowest BCUT2D eigenvalue weighted by atomic mass is 10.1. The molecule has 0 radical (unpaired) electrons. The molecule has 9 heteroatoms. The Morgan fingerprint density at radius 1 is 1.11 bits per heavy atom. The maximum Gasteiger partial charge on any atom is 0.327 e. The third-order valence-corrected chi connectivity index (χ3v) is 8.42. The van der Waals surface area contributed by atoms with Crippen molar-refractivity contribution in [1.29, 1.82) is 0 Å². The molecule has 1 aliphatic rings. The van der Waals surface area contributed by atoms with Crippen molar-refractivity contribution < 1.29 is 27.5 Å². The molecule has 4 aromatic rings. The molecule has 2 heterocycles.